The van der Waals surface area contributed by atoms with Crippen LogP contribution >= 0.6 is 11.3 Å². The standard InChI is InChI=1S/C26H25FN10O3S/c27-18-12-16(40-13-20-29-14-30-33-20)3-4-17(18)15-5-7-35(8-6-15)9-10-36-23-21(41-26(36)38)24-31-22(19-2-1-11-39-19)34-37(24)25(28)32-23/h1-4,11-12,14-15H,5-10,13H2,(H2,28,32)(H,29,30,33). The van der Waals surface area contributed by atoms with Crippen molar-refractivity contribution >= 4 is 33.3 Å². The van der Waals surface area contributed by atoms with Gasteiger partial charge in [-0.3, -0.25) is 14.5 Å². The van der Waals surface area contributed by atoms with Crippen molar-refractivity contribution in [3.8, 4) is 17.3 Å². The monoisotopic (exact) mass is 576 g/mol. The normalized spacial score (nSPS) is 14.9. The van der Waals surface area contributed by atoms with E-state index in [4.69, 9.17) is 14.9 Å². The highest BCUT2D eigenvalue weighted by atomic mass is 32.1. The topological polar surface area (TPSA) is 158 Å². The number of likely N-dealkylation sites (tertiary alicyclic amines) is 1. The van der Waals surface area contributed by atoms with E-state index in [0.717, 1.165) is 37.3 Å². The van der Waals surface area contributed by atoms with Crippen LogP contribution in [0.3, 0.4) is 0 Å². The molecule has 7 rings (SSSR count). The Bertz CT molecular complexity index is 1870. The van der Waals surface area contributed by atoms with Gasteiger partial charge in [0.05, 0.1) is 6.26 Å². The van der Waals surface area contributed by atoms with Gasteiger partial charge in [0.1, 0.15) is 29.2 Å². The lowest BCUT2D eigenvalue weighted by Crippen LogP contribution is -2.36. The van der Waals surface area contributed by atoms with Gasteiger partial charge in [-0.15, -0.1) is 5.10 Å². The Morgan fingerprint density at radius 3 is 2.80 bits per heavy atom. The quantitative estimate of drug-likeness (QED) is 0.276. The van der Waals surface area contributed by atoms with E-state index in [9.17, 15) is 9.18 Å². The summed E-state index contributed by atoms with van der Waals surface area (Å²) in [7, 11) is 0. The molecule has 13 nitrogen and oxygen atoms in total. The molecule has 5 aromatic heterocycles. The molecule has 0 saturated carbocycles. The Kier molecular flexibility index (Phi) is 6.43. The number of ether oxygens (including phenoxy) is 1. The van der Waals surface area contributed by atoms with Gasteiger partial charge in [0.15, 0.2) is 22.9 Å². The molecule has 3 N–H and O–H groups in total. The largest absolute Gasteiger partial charge is 0.486 e. The number of hydrogen-bond acceptors (Lipinski definition) is 11. The van der Waals surface area contributed by atoms with Crippen molar-refractivity contribution < 1.29 is 13.5 Å². The summed E-state index contributed by atoms with van der Waals surface area (Å²) in [6.45, 7) is 2.89. The molecule has 1 aromatic carbocycles. The first-order valence-corrected chi connectivity index (χ1v) is 13.9. The molecule has 0 aliphatic carbocycles. The molecular weight excluding hydrogens is 551 g/mol. The van der Waals surface area contributed by atoms with E-state index in [1.165, 1.54) is 16.9 Å². The Hall–Kier alpha value is -4.63. The van der Waals surface area contributed by atoms with Crippen LogP contribution in [0.2, 0.25) is 0 Å². The summed E-state index contributed by atoms with van der Waals surface area (Å²) in [4.78, 5) is 28.2. The van der Waals surface area contributed by atoms with Gasteiger partial charge in [-0.25, -0.2) is 14.4 Å². The third-order valence-electron chi connectivity index (χ3n) is 7.34. The number of halogens is 1. The van der Waals surface area contributed by atoms with E-state index < -0.39 is 0 Å². The highest BCUT2D eigenvalue weighted by Crippen LogP contribution is 2.32. The van der Waals surface area contributed by atoms with Crippen molar-refractivity contribution in [1.29, 1.82) is 0 Å². The minimum atomic E-state index is -0.270. The summed E-state index contributed by atoms with van der Waals surface area (Å²) in [5, 5.41) is 10.9. The molecule has 15 heteroatoms. The number of anilines is 1. The highest BCUT2D eigenvalue weighted by molar-refractivity contribution is 7.17. The Morgan fingerprint density at radius 1 is 1.17 bits per heavy atom. The lowest BCUT2D eigenvalue weighted by atomic mass is 9.89. The van der Waals surface area contributed by atoms with E-state index in [2.05, 4.69) is 35.1 Å². The fourth-order valence-corrected chi connectivity index (χ4v) is 6.16. The zero-order valence-corrected chi connectivity index (χ0v) is 22.6. The maximum Gasteiger partial charge on any atom is 0.309 e. The fraction of sp³-hybridized carbons (Fsp3) is 0.308. The minimum Gasteiger partial charge on any atom is -0.486 e. The number of piperidine rings is 1. The molecule has 1 saturated heterocycles. The average molecular weight is 577 g/mol. The molecule has 41 heavy (non-hydrogen) atoms. The van der Waals surface area contributed by atoms with Gasteiger partial charge in [0.2, 0.25) is 11.8 Å². The van der Waals surface area contributed by atoms with Gasteiger partial charge in [-0.2, -0.15) is 14.6 Å². The number of thiazole rings is 1. The molecule has 1 aliphatic heterocycles. The minimum absolute atomic E-state index is 0.116. The number of aromatic amines is 1. The maximum atomic E-state index is 14.9. The molecule has 6 aromatic rings. The molecule has 210 valence electrons. The number of nitrogens with zero attached hydrogens (tertiary/aromatic N) is 8. The van der Waals surface area contributed by atoms with E-state index >= 15 is 0 Å². The summed E-state index contributed by atoms with van der Waals surface area (Å²) in [5.74, 6) is 1.88. The van der Waals surface area contributed by atoms with Crippen LogP contribution in [0.4, 0.5) is 10.3 Å². The molecule has 0 unspecified atom stereocenters. The second-order valence-electron chi connectivity index (χ2n) is 9.81. The Morgan fingerprint density at radius 2 is 2.05 bits per heavy atom. The van der Waals surface area contributed by atoms with Crippen LogP contribution in [0.5, 0.6) is 5.75 Å². The number of aromatic nitrogens is 8. The first-order chi connectivity index (χ1) is 20.0. The first kappa shape index (κ1) is 25.3. The molecule has 0 bridgehead atoms. The van der Waals surface area contributed by atoms with Crippen molar-refractivity contribution in [2.45, 2.75) is 31.9 Å². The summed E-state index contributed by atoms with van der Waals surface area (Å²) in [6.07, 6.45) is 4.57. The van der Waals surface area contributed by atoms with Gasteiger partial charge in [0.25, 0.3) is 0 Å². The number of rotatable bonds is 8. The SMILES string of the molecule is Nc1nc2c(sc(=O)n2CCN2CCC(c3ccc(OCc4ncn[nH]4)cc3F)CC2)c2nc(-c3ccco3)nn12. The summed E-state index contributed by atoms with van der Waals surface area (Å²) in [6, 6.07) is 8.53. The van der Waals surface area contributed by atoms with Crippen molar-refractivity contribution in [2.75, 3.05) is 25.4 Å². The molecule has 0 amide bonds. The number of hydrogen-bond donors (Lipinski definition) is 2. The van der Waals surface area contributed by atoms with Crippen LogP contribution in [0, 0.1) is 5.82 Å². The lowest BCUT2D eigenvalue weighted by molar-refractivity contribution is 0.204. The Balaban J connectivity index is 1.01. The molecule has 1 aliphatic rings. The van der Waals surface area contributed by atoms with E-state index in [1.807, 2.05) is 0 Å². The van der Waals surface area contributed by atoms with Gasteiger partial charge >= 0.3 is 4.87 Å². The van der Waals surface area contributed by atoms with Crippen molar-refractivity contribution in [1.82, 2.24) is 44.2 Å². The second kappa shape index (κ2) is 10.4. The number of nitrogen functional groups attached to an aromatic ring is 1. The van der Waals surface area contributed by atoms with Crippen LogP contribution in [-0.2, 0) is 13.2 Å². The number of benzene rings is 1. The zero-order valence-electron chi connectivity index (χ0n) is 21.7. The van der Waals surface area contributed by atoms with Crippen LogP contribution in [-0.4, -0.2) is 63.9 Å². The van der Waals surface area contributed by atoms with Crippen LogP contribution in [0.15, 0.2) is 52.1 Å². The average Bonchev–Trinajstić information content (AvgIpc) is 3.79. The number of furan rings is 1. The summed E-state index contributed by atoms with van der Waals surface area (Å²) in [5.41, 5.74) is 7.85. The first-order valence-electron chi connectivity index (χ1n) is 13.1. The van der Waals surface area contributed by atoms with Crippen LogP contribution < -0.4 is 15.3 Å². The van der Waals surface area contributed by atoms with E-state index in [0.29, 0.717) is 57.8 Å². The second-order valence-corrected chi connectivity index (χ2v) is 10.8. The maximum absolute atomic E-state index is 14.9. The van der Waals surface area contributed by atoms with Crippen molar-refractivity contribution in [3.05, 3.63) is 69.8 Å². The van der Waals surface area contributed by atoms with Gasteiger partial charge < -0.3 is 19.8 Å². The smallest absolute Gasteiger partial charge is 0.309 e. The van der Waals surface area contributed by atoms with Crippen LogP contribution in [0.1, 0.15) is 30.1 Å². The van der Waals surface area contributed by atoms with Crippen molar-refractivity contribution in [2.24, 2.45) is 0 Å². The van der Waals surface area contributed by atoms with Crippen molar-refractivity contribution in [3.63, 3.8) is 0 Å². The summed E-state index contributed by atoms with van der Waals surface area (Å²) < 4.78 is 29.7. The van der Waals surface area contributed by atoms with Gasteiger partial charge in [-0.05, 0) is 55.6 Å². The zero-order chi connectivity index (χ0) is 27.9. The molecular formula is C26H25FN10O3S. The summed E-state index contributed by atoms with van der Waals surface area (Å²) >= 11 is 1.07. The van der Waals surface area contributed by atoms with Gasteiger partial charge in [-0.1, -0.05) is 17.4 Å². The molecule has 0 radical (unpaired) electrons. The van der Waals surface area contributed by atoms with Gasteiger partial charge in [0, 0.05) is 19.2 Å². The third-order valence-corrected chi connectivity index (χ3v) is 8.30. The number of nitrogens with one attached hydrogen (secondary N) is 1. The van der Waals surface area contributed by atoms with Crippen LogP contribution in [0.25, 0.3) is 27.6 Å². The Labute approximate surface area is 235 Å². The van der Waals surface area contributed by atoms with E-state index in [-0.39, 0.29) is 29.2 Å². The molecule has 0 spiro atoms. The number of nitrogens with two attached hydrogens (primary N) is 1. The highest BCUT2D eigenvalue weighted by Gasteiger charge is 2.24. The van der Waals surface area contributed by atoms with E-state index in [1.54, 1.807) is 35.1 Å². The number of fused-ring (bicyclic) bond motifs is 3. The molecule has 6 heterocycles. The molecule has 0 atom stereocenters. The third kappa shape index (κ3) is 4.82. The fourth-order valence-electron chi connectivity index (χ4n) is 5.23. The lowest BCUT2D eigenvalue weighted by Gasteiger charge is -2.32. The predicted octanol–water partition coefficient (Wildman–Crippen LogP) is 3.06. The molecule has 1 fully saturated rings. The predicted molar refractivity (Wildman–Crippen MR) is 148 cm³/mol. The number of H-pyrrole nitrogens is 1.